The number of aromatic hydroxyl groups is 1. The maximum atomic E-state index is 13.3. The molecule has 148 valence electrons. The van der Waals surface area contributed by atoms with Crippen molar-refractivity contribution in [2.24, 2.45) is 5.10 Å². The molecule has 2 N–H and O–H groups in total. The Hall–Kier alpha value is -4.06. The average Bonchev–Trinajstić information content (AvgIpc) is 2.77. The Balaban J connectivity index is 1.72. The molecule has 1 aromatic heterocycles. The molecular weight excluding hydrogens is 381 g/mol. The smallest absolute Gasteiger partial charge is 0.272 e. The average molecular weight is 399 g/mol. The predicted octanol–water partition coefficient (Wildman–Crippen LogP) is 4.90. The van der Waals surface area contributed by atoms with Crippen LogP contribution in [0.1, 0.15) is 22.8 Å². The maximum Gasteiger partial charge on any atom is 0.272 e. The van der Waals surface area contributed by atoms with E-state index in [4.69, 9.17) is 0 Å². The fourth-order valence-electron chi connectivity index (χ4n) is 3.17. The fraction of sp³-hybridized carbons (Fsp3) is 0.0417. The van der Waals surface area contributed by atoms with Crippen molar-refractivity contribution in [3.8, 4) is 17.0 Å². The summed E-state index contributed by atoms with van der Waals surface area (Å²) in [5.41, 5.74) is 5.85. The number of hydrazone groups is 1. The largest absolute Gasteiger partial charge is 0.507 e. The molecule has 0 atom stereocenters. The first-order chi connectivity index (χ1) is 14.5. The van der Waals surface area contributed by atoms with Gasteiger partial charge in [0.1, 0.15) is 11.6 Å². The molecule has 0 saturated carbocycles. The number of carbonyl (C=O) groups excluding carboxylic acids is 1. The van der Waals surface area contributed by atoms with Crippen molar-refractivity contribution < 1.29 is 14.3 Å². The number of aromatic nitrogens is 1. The minimum Gasteiger partial charge on any atom is -0.507 e. The molecule has 0 unspecified atom stereocenters. The quantitative estimate of drug-likeness (QED) is 0.379. The first-order valence-corrected chi connectivity index (χ1v) is 9.31. The molecule has 0 saturated heterocycles. The number of carbonyl (C=O) groups is 1. The standard InChI is InChI=1S/C24H18FN3O2/c1-15(18-6-3-5-9-23(18)29)27-28-24(30)20-14-22(16-10-12-17(25)13-11-16)26-21-8-4-2-7-19(20)21/h2-14,29H,1H3,(H,28,30)/b27-15+. The lowest BCUT2D eigenvalue weighted by molar-refractivity contribution is 0.0956. The van der Waals surface area contributed by atoms with Crippen molar-refractivity contribution in [1.29, 1.82) is 0 Å². The van der Waals surface area contributed by atoms with E-state index in [1.807, 2.05) is 24.3 Å². The molecule has 0 aliphatic rings. The van der Waals surface area contributed by atoms with Crippen molar-refractivity contribution in [2.75, 3.05) is 0 Å². The molecule has 0 aliphatic carbocycles. The van der Waals surface area contributed by atoms with Crippen LogP contribution in [-0.2, 0) is 0 Å². The fourth-order valence-corrected chi connectivity index (χ4v) is 3.17. The van der Waals surface area contributed by atoms with Crippen LogP contribution in [0.4, 0.5) is 4.39 Å². The summed E-state index contributed by atoms with van der Waals surface area (Å²) < 4.78 is 13.3. The third-order valence-electron chi connectivity index (χ3n) is 4.72. The number of amides is 1. The summed E-state index contributed by atoms with van der Waals surface area (Å²) in [6.45, 7) is 1.70. The van der Waals surface area contributed by atoms with E-state index >= 15 is 0 Å². The van der Waals surface area contributed by atoms with E-state index in [9.17, 15) is 14.3 Å². The zero-order valence-electron chi connectivity index (χ0n) is 16.1. The highest BCUT2D eigenvalue weighted by Crippen LogP contribution is 2.25. The van der Waals surface area contributed by atoms with Crippen LogP contribution in [-0.4, -0.2) is 21.7 Å². The molecule has 1 heterocycles. The highest BCUT2D eigenvalue weighted by atomic mass is 19.1. The number of para-hydroxylation sites is 2. The molecular formula is C24H18FN3O2. The van der Waals surface area contributed by atoms with Crippen LogP contribution in [0.15, 0.2) is 84.0 Å². The molecule has 0 bridgehead atoms. The van der Waals surface area contributed by atoms with Crippen molar-refractivity contribution in [2.45, 2.75) is 6.92 Å². The third-order valence-corrected chi connectivity index (χ3v) is 4.72. The monoisotopic (exact) mass is 399 g/mol. The third kappa shape index (κ3) is 3.89. The summed E-state index contributed by atoms with van der Waals surface area (Å²) >= 11 is 0. The molecule has 0 fully saturated rings. The number of hydrogen-bond donors (Lipinski definition) is 2. The van der Waals surface area contributed by atoms with Gasteiger partial charge in [0.2, 0.25) is 0 Å². The van der Waals surface area contributed by atoms with Crippen molar-refractivity contribution >= 4 is 22.5 Å². The number of benzene rings is 3. The van der Waals surface area contributed by atoms with E-state index in [-0.39, 0.29) is 11.6 Å². The summed E-state index contributed by atoms with van der Waals surface area (Å²) in [5.74, 6) is -0.667. The molecule has 0 spiro atoms. The van der Waals surface area contributed by atoms with Gasteiger partial charge in [-0.05, 0) is 55.5 Å². The summed E-state index contributed by atoms with van der Waals surface area (Å²) in [6, 6.07) is 21.7. The van der Waals surface area contributed by atoms with Crippen LogP contribution in [0.3, 0.4) is 0 Å². The lowest BCUT2D eigenvalue weighted by Gasteiger charge is -2.10. The van der Waals surface area contributed by atoms with E-state index in [2.05, 4.69) is 15.5 Å². The highest BCUT2D eigenvalue weighted by molar-refractivity contribution is 6.08. The van der Waals surface area contributed by atoms with Gasteiger partial charge in [0.25, 0.3) is 5.91 Å². The Morgan fingerprint density at radius 1 is 0.967 bits per heavy atom. The first kappa shape index (κ1) is 19.3. The first-order valence-electron chi connectivity index (χ1n) is 9.31. The summed E-state index contributed by atoms with van der Waals surface area (Å²) in [5, 5.41) is 14.8. The van der Waals surface area contributed by atoms with Crippen LogP contribution in [0.5, 0.6) is 5.75 Å². The van der Waals surface area contributed by atoms with Crippen LogP contribution < -0.4 is 5.43 Å². The minimum atomic E-state index is -0.410. The molecule has 5 nitrogen and oxygen atoms in total. The Morgan fingerprint density at radius 2 is 1.67 bits per heavy atom. The predicted molar refractivity (Wildman–Crippen MR) is 115 cm³/mol. The Bertz CT molecular complexity index is 1270. The van der Waals surface area contributed by atoms with E-state index in [0.717, 1.165) is 0 Å². The van der Waals surface area contributed by atoms with Gasteiger partial charge in [-0.25, -0.2) is 14.8 Å². The number of halogens is 1. The van der Waals surface area contributed by atoms with E-state index < -0.39 is 5.91 Å². The van der Waals surface area contributed by atoms with Gasteiger partial charge in [-0.2, -0.15) is 5.10 Å². The van der Waals surface area contributed by atoms with Gasteiger partial charge >= 0.3 is 0 Å². The van der Waals surface area contributed by atoms with E-state index in [1.54, 1.807) is 49.4 Å². The molecule has 0 aliphatic heterocycles. The maximum absolute atomic E-state index is 13.3. The summed E-state index contributed by atoms with van der Waals surface area (Å²) in [6.07, 6.45) is 0. The summed E-state index contributed by atoms with van der Waals surface area (Å²) in [4.78, 5) is 17.5. The molecule has 4 aromatic rings. The molecule has 4 rings (SSSR count). The van der Waals surface area contributed by atoms with Gasteiger partial charge < -0.3 is 5.11 Å². The lowest BCUT2D eigenvalue weighted by Crippen LogP contribution is -2.20. The van der Waals surface area contributed by atoms with Crippen LogP contribution >= 0.6 is 0 Å². The second-order valence-corrected chi connectivity index (χ2v) is 6.73. The Morgan fingerprint density at radius 3 is 2.43 bits per heavy atom. The van der Waals surface area contributed by atoms with Gasteiger partial charge in [-0.15, -0.1) is 0 Å². The number of phenolic OH excluding ortho intramolecular Hbond substituents is 1. The Labute approximate surface area is 172 Å². The second kappa shape index (κ2) is 8.13. The van der Waals surface area contributed by atoms with Crippen LogP contribution in [0.25, 0.3) is 22.2 Å². The van der Waals surface area contributed by atoms with Crippen LogP contribution in [0, 0.1) is 5.82 Å². The van der Waals surface area contributed by atoms with Crippen LogP contribution in [0.2, 0.25) is 0 Å². The zero-order valence-corrected chi connectivity index (χ0v) is 16.1. The normalized spacial score (nSPS) is 11.5. The van der Waals surface area contributed by atoms with Gasteiger partial charge in [-0.1, -0.05) is 30.3 Å². The molecule has 6 heteroatoms. The number of nitrogens with one attached hydrogen (secondary N) is 1. The van der Waals surface area contributed by atoms with Gasteiger partial charge in [0.15, 0.2) is 0 Å². The number of hydrogen-bond acceptors (Lipinski definition) is 4. The molecule has 3 aromatic carbocycles. The lowest BCUT2D eigenvalue weighted by atomic mass is 10.0. The van der Waals surface area contributed by atoms with Crippen molar-refractivity contribution in [3.63, 3.8) is 0 Å². The topological polar surface area (TPSA) is 74.6 Å². The number of phenols is 1. The SMILES string of the molecule is C/C(=N\NC(=O)c1cc(-c2ccc(F)cc2)nc2ccccc12)c1ccccc1O. The minimum absolute atomic E-state index is 0.0842. The highest BCUT2D eigenvalue weighted by Gasteiger charge is 2.14. The van der Waals surface area contributed by atoms with Gasteiger partial charge in [0, 0.05) is 16.5 Å². The van der Waals surface area contributed by atoms with Gasteiger partial charge in [0.05, 0.1) is 22.5 Å². The van der Waals surface area contributed by atoms with Gasteiger partial charge in [-0.3, -0.25) is 4.79 Å². The van der Waals surface area contributed by atoms with Crippen molar-refractivity contribution in [3.05, 3.63) is 95.8 Å². The molecule has 30 heavy (non-hydrogen) atoms. The van der Waals surface area contributed by atoms with E-state index in [0.29, 0.717) is 39.0 Å². The van der Waals surface area contributed by atoms with E-state index in [1.165, 1.54) is 12.1 Å². The number of nitrogens with zero attached hydrogens (tertiary/aromatic N) is 2. The number of rotatable bonds is 4. The number of pyridine rings is 1. The second-order valence-electron chi connectivity index (χ2n) is 6.73. The summed E-state index contributed by atoms with van der Waals surface area (Å²) in [7, 11) is 0. The molecule has 1 amide bonds. The Kier molecular flexibility index (Phi) is 5.22. The van der Waals surface area contributed by atoms with Crippen molar-refractivity contribution in [1.82, 2.24) is 10.4 Å². The molecule has 0 radical (unpaired) electrons. The zero-order chi connectivity index (χ0) is 21.1. The number of fused-ring (bicyclic) bond motifs is 1.